The Morgan fingerprint density at radius 3 is 2.42 bits per heavy atom. The van der Waals surface area contributed by atoms with Gasteiger partial charge < -0.3 is 9.84 Å². The molecule has 1 N–H and O–H groups in total. The molecule has 0 atom stereocenters. The number of benzene rings is 2. The van der Waals surface area contributed by atoms with Crippen LogP contribution in [0.2, 0.25) is 5.02 Å². The van der Waals surface area contributed by atoms with Crippen LogP contribution in [-0.4, -0.2) is 28.9 Å². The number of ketones is 1. The van der Waals surface area contributed by atoms with E-state index in [-0.39, 0.29) is 27.9 Å². The van der Waals surface area contributed by atoms with Crippen LogP contribution in [0.15, 0.2) is 30.0 Å². The zero-order valence-electron chi connectivity index (χ0n) is 18.6. The summed E-state index contributed by atoms with van der Waals surface area (Å²) >= 11 is 6.12. The van der Waals surface area contributed by atoms with Crippen LogP contribution >= 0.6 is 11.6 Å². The van der Waals surface area contributed by atoms with Gasteiger partial charge in [0.2, 0.25) is 5.78 Å². The number of rotatable bonds is 7. The molecule has 0 fully saturated rings. The number of aryl methyl sites for hydroxylation is 1. The molecule has 31 heavy (non-hydrogen) atoms. The number of allylic oxidation sites excluding steroid dienone is 1. The molecule has 1 heterocycles. The first-order valence-corrected chi connectivity index (χ1v) is 10.9. The Hall–Kier alpha value is -2.37. The number of ether oxygens (including phenoxy) is 1. The van der Waals surface area contributed by atoms with Gasteiger partial charge in [-0.2, -0.15) is 0 Å². The molecule has 166 valence electrons. The topological polar surface area (TPSA) is 49.8 Å². The van der Waals surface area contributed by atoms with Crippen LogP contribution in [0.5, 0.6) is 11.5 Å². The Morgan fingerprint density at radius 2 is 1.84 bits per heavy atom. The zero-order valence-corrected chi connectivity index (χ0v) is 19.4. The Bertz CT molecular complexity index is 1000. The number of halogens is 2. The second-order valence-corrected chi connectivity index (χ2v) is 9.36. The first kappa shape index (κ1) is 23.3. The van der Waals surface area contributed by atoms with Crippen molar-refractivity contribution in [3.63, 3.8) is 0 Å². The predicted octanol–water partition coefficient (Wildman–Crippen LogP) is 6.22. The van der Waals surface area contributed by atoms with Crippen molar-refractivity contribution in [2.24, 2.45) is 11.8 Å². The summed E-state index contributed by atoms with van der Waals surface area (Å²) in [5.41, 5.74) is 1.69. The third-order valence-corrected chi connectivity index (χ3v) is 5.45. The monoisotopic (exact) mass is 445 g/mol. The molecule has 1 aliphatic heterocycles. The molecule has 2 aromatic rings. The zero-order chi connectivity index (χ0) is 22.9. The molecular weight excluding hydrogens is 417 g/mol. The fraction of sp³-hybridized carbons (Fsp3) is 0.400. The van der Waals surface area contributed by atoms with Crippen LogP contribution in [0, 0.1) is 24.6 Å². The van der Waals surface area contributed by atoms with E-state index in [0.29, 0.717) is 40.8 Å². The van der Waals surface area contributed by atoms with Gasteiger partial charge in [0.25, 0.3) is 0 Å². The van der Waals surface area contributed by atoms with Crippen LogP contribution in [-0.2, 0) is 6.54 Å². The molecular formula is C25H29ClFNO3. The summed E-state index contributed by atoms with van der Waals surface area (Å²) < 4.78 is 20.2. The van der Waals surface area contributed by atoms with E-state index in [0.717, 1.165) is 13.1 Å². The number of hydrogen-bond donors (Lipinski definition) is 1. The highest BCUT2D eigenvalue weighted by Crippen LogP contribution is 2.42. The van der Waals surface area contributed by atoms with Gasteiger partial charge in [-0.15, -0.1) is 0 Å². The van der Waals surface area contributed by atoms with Gasteiger partial charge in [0.05, 0.1) is 16.1 Å². The standard InChI is InChI=1S/C25H29ClFNO3/c1-14(2)11-28(12-15(3)4)13-18-21(29)9-16(5)23-24(30)22(31-25(18)23)10-17-19(26)7-6-8-20(17)27/h6-10,14-15,29H,11-13H2,1-5H3/b22-10+. The number of nitrogens with zero attached hydrogens (tertiary/aromatic N) is 1. The minimum Gasteiger partial charge on any atom is -0.507 e. The number of Topliss-reactive ketones (excluding diaryl/α,β-unsaturated/α-hetero) is 1. The second-order valence-electron chi connectivity index (χ2n) is 8.95. The molecule has 0 radical (unpaired) electrons. The largest absolute Gasteiger partial charge is 0.507 e. The van der Waals surface area contributed by atoms with Gasteiger partial charge in [-0.3, -0.25) is 9.69 Å². The van der Waals surface area contributed by atoms with Gasteiger partial charge in [-0.1, -0.05) is 45.4 Å². The van der Waals surface area contributed by atoms with E-state index in [1.165, 1.54) is 18.2 Å². The summed E-state index contributed by atoms with van der Waals surface area (Å²) in [4.78, 5) is 15.3. The minimum absolute atomic E-state index is 0.00350. The van der Waals surface area contributed by atoms with Crippen molar-refractivity contribution < 1.29 is 19.0 Å². The van der Waals surface area contributed by atoms with Crippen molar-refractivity contribution in [3.05, 3.63) is 63.1 Å². The molecule has 3 rings (SSSR count). The summed E-state index contributed by atoms with van der Waals surface area (Å²) in [6.45, 7) is 12.5. The molecule has 6 heteroatoms. The molecule has 0 unspecified atom stereocenters. The van der Waals surface area contributed by atoms with Crippen molar-refractivity contribution in [1.82, 2.24) is 4.90 Å². The molecule has 4 nitrogen and oxygen atoms in total. The van der Waals surface area contributed by atoms with Gasteiger partial charge in [0.1, 0.15) is 17.3 Å². The number of carbonyl (C=O) groups excluding carboxylic acids is 1. The summed E-state index contributed by atoms with van der Waals surface area (Å²) in [6, 6.07) is 5.94. The van der Waals surface area contributed by atoms with Crippen molar-refractivity contribution in [3.8, 4) is 11.5 Å². The number of phenolic OH excluding ortho intramolecular Hbond substituents is 1. The molecule has 0 spiro atoms. The SMILES string of the molecule is Cc1cc(O)c(CN(CC(C)C)CC(C)C)c2c1C(=O)/C(=C\c1c(F)cccc1Cl)O2. The van der Waals surface area contributed by atoms with E-state index in [4.69, 9.17) is 16.3 Å². The van der Waals surface area contributed by atoms with Crippen molar-refractivity contribution in [2.75, 3.05) is 13.1 Å². The number of hydrogen-bond acceptors (Lipinski definition) is 4. The van der Waals surface area contributed by atoms with E-state index in [2.05, 4.69) is 32.6 Å². The molecule has 0 aliphatic carbocycles. The lowest BCUT2D eigenvalue weighted by molar-refractivity contribution is 0.101. The summed E-state index contributed by atoms with van der Waals surface area (Å²) in [5.74, 6) is 0.447. The van der Waals surface area contributed by atoms with Gasteiger partial charge in [-0.05, 0) is 48.6 Å². The highest BCUT2D eigenvalue weighted by molar-refractivity contribution is 6.32. The van der Waals surface area contributed by atoms with Gasteiger partial charge in [0, 0.05) is 25.2 Å². The second kappa shape index (κ2) is 9.41. The molecule has 0 saturated carbocycles. The fourth-order valence-electron chi connectivity index (χ4n) is 3.97. The molecule has 0 amide bonds. The summed E-state index contributed by atoms with van der Waals surface area (Å²) in [6.07, 6.45) is 1.33. The van der Waals surface area contributed by atoms with E-state index in [1.54, 1.807) is 19.1 Å². The highest BCUT2D eigenvalue weighted by Gasteiger charge is 2.34. The first-order chi connectivity index (χ1) is 14.6. The van der Waals surface area contributed by atoms with Crippen molar-refractivity contribution in [2.45, 2.75) is 41.2 Å². The maximum atomic E-state index is 14.3. The lowest BCUT2D eigenvalue weighted by atomic mass is 9.98. The third kappa shape index (κ3) is 5.10. The molecule has 0 bridgehead atoms. The summed E-state index contributed by atoms with van der Waals surface area (Å²) in [7, 11) is 0. The number of aromatic hydroxyl groups is 1. The van der Waals surface area contributed by atoms with Crippen molar-refractivity contribution >= 4 is 23.5 Å². The van der Waals surface area contributed by atoms with E-state index in [9.17, 15) is 14.3 Å². The van der Waals surface area contributed by atoms with Crippen LogP contribution in [0.4, 0.5) is 4.39 Å². The molecule has 0 saturated heterocycles. The lowest BCUT2D eigenvalue weighted by Gasteiger charge is -2.27. The van der Waals surface area contributed by atoms with Crippen LogP contribution in [0.1, 0.15) is 54.7 Å². The maximum Gasteiger partial charge on any atom is 0.232 e. The van der Waals surface area contributed by atoms with E-state index in [1.807, 2.05) is 0 Å². The van der Waals surface area contributed by atoms with Gasteiger partial charge in [-0.25, -0.2) is 4.39 Å². The average Bonchev–Trinajstić information content (AvgIpc) is 2.97. The van der Waals surface area contributed by atoms with E-state index < -0.39 is 5.82 Å². The molecule has 0 aromatic heterocycles. The average molecular weight is 446 g/mol. The lowest BCUT2D eigenvalue weighted by Crippen LogP contribution is -2.31. The quantitative estimate of drug-likeness (QED) is 0.514. The minimum atomic E-state index is -0.535. The van der Waals surface area contributed by atoms with Crippen LogP contribution in [0.25, 0.3) is 6.08 Å². The van der Waals surface area contributed by atoms with Gasteiger partial charge >= 0.3 is 0 Å². The smallest absolute Gasteiger partial charge is 0.232 e. The fourth-order valence-corrected chi connectivity index (χ4v) is 4.19. The van der Waals surface area contributed by atoms with Crippen LogP contribution < -0.4 is 4.74 Å². The van der Waals surface area contributed by atoms with Crippen LogP contribution in [0.3, 0.4) is 0 Å². The molecule has 2 aromatic carbocycles. The number of carbonyl (C=O) groups is 1. The highest BCUT2D eigenvalue weighted by atomic mass is 35.5. The predicted molar refractivity (Wildman–Crippen MR) is 122 cm³/mol. The maximum absolute atomic E-state index is 14.3. The first-order valence-electron chi connectivity index (χ1n) is 10.5. The van der Waals surface area contributed by atoms with Crippen molar-refractivity contribution in [1.29, 1.82) is 0 Å². The normalized spacial score (nSPS) is 14.8. The Labute approximate surface area is 188 Å². The summed E-state index contributed by atoms with van der Waals surface area (Å²) in [5, 5.41) is 10.9. The number of phenols is 1. The van der Waals surface area contributed by atoms with E-state index >= 15 is 0 Å². The third-order valence-electron chi connectivity index (χ3n) is 5.12. The number of fused-ring (bicyclic) bond motifs is 1. The Kier molecular flexibility index (Phi) is 7.07. The Balaban J connectivity index is 2.03. The molecule has 1 aliphatic rings. The van der Waals surface area contributed by atoms with Gasteiger partial charge in [0.15, 0.2) is 5.76 Å². The Morgan fingerprint density at radius 1 is 1.19 bits per heavy atom.